The summed E-state index contributed by atoms with van der Waals surface area (Å²) >= 11 is 0.139. The maximum absolute atomic E-state index is 8.63. The zero-order chi connectivity index (χ0) is 8.81. The summed E-state index contributed by atoms with van der Waals surface area (Å²) in [6.07, 6.45) is 5.34. The molecule has 0 aliphatic heterocycles. The first-order valence-corrected chi connectivity index (χ1v) is 6.39. The van der Waals surface area contributed by atoms with Gasteiger partial charge in [-0.25, -0.2) is 0 Å². The van der Waals surface area contributed by atoms with Gasteiger partial charge in [-0.05, 0) is 0 Å². The van der Waals surface area contributed by atoms with Gasteiger partial charge in [-0.2, -0.15) is 0 Å². The van der Waals surface area contributed by atoms with Crippen LogP contribution in [0.1, 0.15) is 32.6 Å². The zero-order valence-electron chi connectivity index (χ0n) is 7.45. The molecular weight excluding hydrogens is 217 g/mol. The summed E-state index contributed by atoms with van der Waals surface area (Å²) in [7, 11) is 0. The Morgan fingerprint density at radius 1 is 1.50 bits per heavy atom. The first-order chi connectivity index (χ1) is 5.88. The molecule has 0 spiro atoms. The Morgan fingerprint density at radius 3 is 2.92 bits per heavy atom. The number of rotatable bonds is 3. The van der Waals surface area contributed by atoms with Crippen LogP contribution < -0.4 is 0 Å². The Balaban J connectivity index is 2.38. The van der Waals surface area contributed by atoms with E-state index in [1.54, 1.807) is 0 Å². The van der Waals surface area contributed by atoms with Crippen molar-refractivity contribution in [1.82, 2.24) is 0 Å². The van der Waals surface area contributed by atoms with Gasteiger partial charge in [0.05, 0.1) is 0 Å². The topological polar surface area (TPSA) is 33.0 Å². The average Bonchev–Trinajstić information content (AvgIpc) is 2.09. The second kappa shape index (κ2) is 5.59. The fourth-order valence-electron chi connectivity index (χ4n) is 1.67. The number of ether oxygens (including phenoxy) is 1. The maximum atomic E-state index is 8.63. The van der Waals surface area contributed by atoms with Crippen LogP contribution >= 0.6 is 0 Å². The molecule has 0 unspecified atom stereocenters. The molecular formula is C9H15NOSe. The van der Waals surface area contributed by atoms with Crippen molar-refractivity contribution in [3.63, 3.8) is 0 Å². The molecule has 3 heteroatoms. The van der Waals surface area contributed by atoms with Gasteiger partial charge in [-0.15, -0.1) is 0 Å². The molecule has 1 fully saturated rings. The van der Waals surface area contributed by atoms with Crippen molar-refractivity contribution < 1.29 is 4.74 Å². The molecule has 2 atom stereocenters. The Bertz CT molecular complexity index is 164. The summed E-state index contributed by atoms with van der Waals surface area (Å²) in [4.78, 5) is 2.87. The molecule has 2 nitrogen and oxygen atoms in total. The summed E-state index contributed by atoms with van der Waals surface area (Å²) < 4.78 is 5.61. The van der Waals surface area contributed by atoms with E-state index in [0.29, 0.717) is 10.9 Å². The first kappa shape index (κ1) is 10.1. The summed E-state index contributed by atoms with van der Waals surface area (Å²) in [5, 5.41) is 8.63. The van der Waals surface area contributed by atoms with E-state index in [-0.39, 0.29) is 15.0 Å². The summed E-state index contributed by atoms with van der Waals surface area (Å²) in [5.41, 5.74) is 0. The van der Waals surface area contributed by atoms with Gasteiger partial charge in [0.25, 0.3) is 0 Å². The third-order valence-corrected chi connectivity index (χ3v) is 4.21. The van der Waals surface area contributed by atoms with Crippen molar-refractivity contribution in [2.24, 2.45) is 0 Å². The van der Waals surface area contributed by atoms with Crippen molar-refractivity contribution in [1.29, 1.82) is 5.26 Å². The molecule has 1 rings (SSSR count). The van der Waals surface area contributed by atoms with Crippen LogP contribution in [0.15, 0.2) is 0 Å². The SMILES string of the molecule is CCO[C@H]1CCCC[C@@H]1[Se]C#N. The van der Waals surface area contributed by atoms with Crippen LogP contribution in [0.5, 0.6) is 0 Å². The quantitative estimate of drug-likeness (QED) is 0.696. The molecule has 0 amide bonds. The standard InChI is InChI=1S/C9H15NOSe/c1-2-11-8-5-3-4-6-9(8)12-7-10/h8-9H,2-6H2,1H3/t8-,9-/m0/s1. The van der Waals surface area contributed by atoms with Gasteiger partial charge in [-0.3, -0.25) is 0 Å². The second-order valence-electron chi connectivity index (χ2n) is 3.03. The average molecular weight is 232 g/mol. The van der Waals surface area contributed by atoms with Gasteiger partial charge >= 0.3 is 80.1 Å². The molecule has 1 aliphatic carbocycles. The third-order valence-electron chi connectivity index (χ3n) is 2.23. The van der Waals surface area contributed by atoms with Crippen LogP contribution in [0.3, 0.4) is 0 Å². The van der Waals surface area contributed by atoms with Crippen molar-refractivity contribution in [3.05, 3.63) is 0 Å². The molecule has 0 bridgehead atoms. The monoisotopic (exact) mass is 233 g/mol. The molecule has 0 N–H and O–H groups in total. The number of hydrogen-bond donors (Lipinski definition) is 0. The predicted molar refractivity (Wildman–Crippen MR) is 49.0 cm³/mol. The van der Waals surface area contributed by atoms with E-state index in [0.717, 1.165) is 6.61 Å². The van der Waals surface area contributed by atoms with Crippen LogP contribution in [0.4, 0.5) is 0 Å². The summed E-state index contributed by atoms with van der Waals surface area (Å²) in [5.74, 6) is 0. The molecule has 0 radical (unpaired) electrons. The van der Waals surface area contributed by atoms with Gasteiger partial charge in [0.15, 0.2) is 0 Å². The van der Waals surface area contributed by atoms with Gasteiger partial charge in [0, 0.05) is 0 Å². The van der Waals surface area contributed by atoms with E-state index in [2.05, 4.69) is 4.97 Å². The molecule has 0 saturated heterocycles. The van der Waals surface area contributed by atoms with Crippen LogP contribution in [0, 0.1) is 10.2 Å². The van der Waals surface area contributed by atoms with E-state index in [1.165, 1.54) is 25.7 Å². The summed E-state index contributed by atoms with van der Waals surface area (Å²) in [6.45, 7) is 2.83. The molecule has 12 heavy (non-hydrogen) atoms. The molecule has 0 aromatic rings. The van der Waals surface area contributed by atoms with E-state index in [9.17, 15) is 0 Å². The van der Waals surface area contributed by atoms with E-state index < -0.39 is 0 Å². The molecule has 68 valence electrons. The predicted octanol–water partition coefficient (Wildman–Crippen LogP) is 1.94. The van der Waals surface area contributed by atoms with Gasteiger partial charge < -0.3 is 0 Å². The minimum atomic E-state index is 0.139. The Morgan fingerprint density at radius 2 is 2.25 bits per heavy atom. The fraction of sp³-hybridized carbons (Fsp3) is 0.889. The van der Waals surface area contributed by atoms with Crippen molar-refractivity contribution in [2.75, 3.05) is 6.61 Å². The van der Waals surface area contributed by atoms with Gasteiger partial charge in [0.1, 0.15) is 0 Å². The van der Waals surface area contributed by atoms with E-state index in [1.807, 2.05) is 6.92 Å². The van der Waals surface area contributed by atoms with Gasteiger partial charge in [-0.1, -0.05) is 0 Å². The third kappa shape index (κ3) is 2.79. The Kier molecular flexibility index (Phi) is 4.68. The Hall–Kier alpha value is -0.0305. The number of nitrogens with zero attached hydrogens (tertiary/aromatic N) is 1. The number of hydrogen-bond acceptors (Lipinski definition) is 2. The first-order valence-electron chi connectivity index (χ1n) is 4.54. The summed E-state index contributed by atoms with van der Waals surface area (Å²) in [6, 6.07) is 0. The van der Waals surface area contributed by atoms with Crippen molar-refractivity contribution in [2.45, 2.75) is 43.5 Å². The minimum absolute atomic E-state index is 0.139. The van der Waals surface area contributed by atoms with E-state index >= 15 is 0 Å². The second-order valence-corrected chi connectivity index (χ2v) is 5.17. The van der Waals surface area contributed by atoms with E-state index in [4.69, 9.17) is 10.00 Å². The van der Waals surface area contributed by atoms with Crippen LogP contribution in [-0.2, 0) is 4.74 Å². The molecule has 1 saturated carbocycles. The van der Waals surface area contributed by atoms with Crippen molar-refractivity contribution >= 4 is 15.0 Å². The van der Waals surface area contributed by atoms with Crippen molar-refractivity contribution in [3.8, 4) is 4.97 Å². The number of nitriles is 1. The molecule has 0 aromatic carbocycles. The van der Waals surface area contributed by atoms with Crippen LogP contribution in [0.25, 0.3) is 0 Å². The van der Waals surface area contributed by atoms with Crippen LogP contribution in [0.2, 0.25) is 4.82 Å². The molecule has 0 aromatic heterocycles. The zero-order valence-corrected chi connectivity index (χ0v) is 9.17. The molecule has 1 aliphatic rings. The van der Waals surface area contributed by atoms with Gasteiger partial charge in [0.2, 0.25) is 0 Å². The molecule has 0 heterocycles. The Labute approximate surface area is 80.4 Å². The normalized spacial score (nSPS) is 29.7. The van der Waals surface area contributed by atoms with Crippen LogP contribution in [-0.4, -0.2) is 27.7 Å². The fourth-order valence-corrected chi connectivity index (χ4v) is 3.32.